The topological polar surface area (TPSA) is 20.3 Å². The van der Waals surface area contributed by atoms with E-state index in [1.165, 1.54) is 5.56 Å². The predicted molar refractivity (Wildman–Crippen MR) is 88.6 cm³/mol. The van der Waals surface area contributed by atoms with E-state index in [0.717, 1.165) is 30.8 Å². The quantitative estimate of drug-likeness (QED) is 0.706. The Kier molecular flexibility index (Phi) is 5.70. The van der Waals surface area contributed by atoms with Crippen molar-refractivity contribution in [2.45, 2.75) is 20.3 Å². The van der Waals surface area contributed by atoms with Crippen molar-refractivity contribution in [3.63, 3.8) is 0 Å². The molecule has 0 aliphatic carbocycles. The summed E-state index contributed by atoms with van der Waals surface area (Å²) in [5.74, 6) is 0.224. The van der Waals surface area contributed by atoms with Crippen molar-refractivity contribution >= 4 is 5.78 Å². The third-order valence-electron chi connectivity index (χ3n) is 3.86. The van der Waals surface area contributed by atoms with E-state index in [1.807, 2.05) is 42.5 Å². The molecule has 0 fully saturated rings. The molecule has 2 rings (SSSR count). The summed E-state index contributed by atoms with van der Waals surface area (Å²) in [6.07, 6.45) is 0.590. The van der Waals surface area contributed by atoms with E-state index < -0.39 is 0 Å². The van der Waals surface area contributed by atoms with Crippen LogP contribution in [0.15, 0.2) is 54.6 Å². The largest absolute Gasteiger partial charge is 0.303 e. The van der Waals surface area contributed by atoms with Gasteiger partial charge in [0.2, 0.25) is 0 Å². The van der Waals surface area contributed by atoms with Gasteiger partial charge in [-0.15, -0.1) is 0 Å². The fourth-order valence-corrected chi connectivity index (χ4v) is 2.42. The van der Waals surface area contributed by atoms with Gasteiger partial charge in [-0.05, 0) is 24.2 Å². The van der Waals surface area contributed by atoms with Crippen molar-refractivity contribution in [1.29, 1.82) is 0 Å². The minimum absolute atomic E-state index is 0.224. The summed E-state index contributed by atoms with van der Waals surface area (Å²) in [7, 11) is 0. The van der Waals surface area contributed by atoms with Crippen molar-refractivity contribution in [3.8, 4) is 11.1 Å². The summed E-state index contributed by atoms with van der Waals surface area (Å²) in [4.78, 5) is 14.5. The van der Waals surface area contributed by atoms with Crippen LogP contribution in [0.4, 0.5) is 0 Å². The zero-order chi connectivity index (χ0) is 15.1. The summed E-state index contributed by atoms with van der Waals surface area (Å²) in [5.41, 5.74) is 3.14. The summed E-state index contributed by atoms with van der Waals surface area (Å²) >= 11 is 0. The van der Waals surface area contributed by atoms with Gasteiger partial charge in [0.25, 0.3) is 0 Å². The average molecular weight is 281 g/mol. The number of hydrogen-bond acceptors (Lipinski definition) is 2. The Morgan fingerprint density at radius 1 is 0.857 bits per heavy atom. The Morgan fingerprint density at radius 2 is 1.43 bits per heavy atom. The summed E-state index contributed by atoms with van der Waals surface area (Å²) in [6, 6.07) is 18.2. The molecule has 0 radical (unpaired) electrons. The molecule has 0 aliphatic heterocycles. The number of ketones is 1. The summed E-state index contributed by atoms with van der Waals surface area (Å²) in [5, 5.41) is 0. The molecular formula is C19H23NO. The molecule has 0 spiro atoms. The lowest BCUT2D eigenvalue weighted by Gasteiger charge is -2.17. The number of carbonyl (C=O) groups is 1. The van der Waals surface area contributed by atoms with E-state index in [9.17, 15) is 4.79 Å². The number of hydrogen-bond donors (Lipinski definition) is 0. The van der Waals surface area contributed by atoms with Crippen LogP contribution in [0.2, 0.25) is 0 Å². The standard InChI is InChI=1S/C19H23NO/c1-3-20(4-2)15-14-19(21)18-12-10-17(11-13-18)16-8-6-5-7-9-16/h5-13H,3-4,14-15H2,1-2H3. The van der Waals surface area contributed by atoms with Crippen LogP contribution in [0.5, 0.6) is 0 Å². The van der Waals surface area contributed by atoms with Crippen LogP contribution in [0.25, 0.3) is 11.1 Å². The smallest absolute Gasteiger partial charge is 0.164 e. The minimum atomic E-state index is 0.224. The fourth-order valence-electron chi connectivity index (χ4n) is 2.42. The van der Waals surface area contributed by atoms with Crippen LogP contribution in [0.1, 0.15) is 30.6 Å². The molecule has 110 valence electrons. The Morgan fingerprint density at radius 3 is 2.00 bits per heavy atom. The minimum Gasteiger partial charge on any atom is -0.303 e. The SMILES string of the molecule is CCN(CC)CCC(=O)c1ccc(-c2ccccc2)cc1. The maximum Gasteiger partial charge on any atom is 0.164 e. The molecule has 0 amide bonds. The third kappa shape index (κ3) is 4.27. The van der Waals surface area contributed by atoms with Crippen LogP contribution in [0, 0.1) is 0 Å². The van der Waals surface area contributed by atoms with Gasteiger partial charge in [-0.3, -0.25) is 4.79 Å². The number of nitrogens with zero attached hydrogens (tertiary/aromatic N) is 1. The molecule has 0 heterocycles. The van der Waals surface area contributed by atoms with Crippen LogP contribution >= 0.6 is 0 Å². The lowest BCUT2D eigenvalue weighted by Crippen LogP contribution is -2.25. The van der Waals surface area contributed by atoms with E-state index in [-0.39, 0.29) is 5.78 Å². The Balaban J connectivity index is 2.00. The maximum absolute atomic E-state index is 12.2. The van der Waals surface area contributed by atoms with Gasteiger partial charge in [-0.2, -0.15) is 0 Å². The zero-order valence-electron chi connectivity index (χ0n) is 12.9. The molecule has 2 aromatic carbocycles. The average Bonchev–Trinajstić information content (AvgIpc) is 2.56. The Bertz CT molecular complexity index is 556. The van der Waals surface area contributed by atoms with Crippen molar-refractivity contribution in [2.75, 3.05) is 19.6 Å². The molecule has 2 aromatic rings. The molecular weight excluding hydrogens is 258 g/mol. The number of rotatable bonds is 7. The van der Waals surface area contributed by atoms with Crippen molar-refractivity contribution < 1.29 is 4.79 Å². The normalized spacial score (nSPS) is 10.8. The van der Waals surface area contributed by atoms with E-state index in [4.69, 9.17) is 0 Å². The van der Waals surface area contributed by atoms with Gasteiger partial charge in [0.05, 0.1) is 0 Å². The van der Waals surface area contributed by atoms with Crippen LogP contribution in [0.3, 0.4) is 0 Å². The van der Waals surface area contributed by atoms with Gasteiger partial charge in [0.15, 0.2) is 5.78 Å². The van der Waals surface area contributed by atoms with Crippen LogP contribution in [-0.2, 0) is 0 Å². The molecule has 21 heavy (non-hydrogen) atoms. The van der Waals surface area contributed by atoms with E-state index in [1.54, 1.807) is 0 Å². The lowest BCUT2D eigenvalue weighted by molar-refractivity contribution is 0.0966. The summed E-state index contributed by atoms with van der Waals surface area (Å²) < 4.78 is 0. The highest BCUT2D eigenvalue weighted by atomic mass is 16.1. The fraction of sp³-hybridized carbons (Fsp3) is 0.316. The van der Waals surface area contributed by atoms with Crippen molar-refractivity contribution in [2.24, 2.45) is 0 Å². The second kappa shape index (κ2) is 7.75. The lowest BCUT2D eigenvalue weighted by atomic mass is 10.0. The Hall–Kier alpha value is -1.93. The van der Waals surface area contributed by atoms with Crippen molar-refractivity contribution in [3.05, 3.63) is 60.2 Å². The van der Waals surface area contributed by atoms with E-state index in [0.29, 0.717) is 6.42 Å². The molecule has 2 nitrogen and oxygen atoms in total. The first-order valence-corrected chi connectivity index (χ1v) is 7.65. The maximum atomic E-state index is 12.2. The highest BCUT2D eigenvalue weighted by molar-refractivity contribution is 5.96. The van der Waals surface area contributed by atoms with E-state index in [2.05, 4.69) is 30.9 Å². The molecule has 0 saturated carbocycles. The molecule has 0 atom stereocenters. The molecule has 0 saturated heterocycles. The molecule has 0 unspecified atom stereocenters. The monoisotopic (exact) mass is 281 g/mol. The first-order valence-electron chi connectivity index (χ1n) is 7.65. The highest BCUT2D eigenvalue weighted by Gasteiger charge is 2.08. The molecule has 2 heteroatoms. The van der Waals surface area contributed by atoms with Gasteiger partial charge in [-0.1, -0.05) is 68.4 Å². The predicted octanol–water partition coefficient (Wildman–Crippen LogP) is 4.27. The van der Waals surface area contributed by atoms with Crippen LogP contribution in [-0.4, -0.2) is 30.3 Å². The van der Waals surface area contributed by atoms with Gasteiger partial charge in [0.1, 0.15) is 0 Å². The van der Waals surface area contributed by atoms with Gasteiger partial charge < -0.3 is 4.90 Å². The molecule has 0 aromatic heterocycles. The first-order chi connectivity index (χ1) is 10.2. The van der Waals surface area contributed by atoms with E-state index >= 15 is 0 Å². The second-order valence-electron chi connectivity index (χ2n) is 5.14. The number of Topliss-reactive ketones (excluding diaryl/α,β-unsaturated/α-hetero) is 1. The van der Waals surface area contributed by atoms with Gasteiger partial charge >= 0.3 is 0 Å². The van der Waals surface area contributed by atoms with Gasteiger partial charge in [-0.25, -0.2) is 0 Å². The summed E-state index contributed by atoms with van der Waals surface area (Å²) in [6.45, 7) is 7.09. The molecule has 0 bridgehead atoms. The van der Waals surface area contributed by atoms with Gasteiger partial charge in [0, 0.05) is 18.5 Å². The van der Waals surface area contributed by atoms with Crippen molar-refractivity contribution in [1.82, 2.24) is 4.90 Å². The Labute approximate surface area is 127 Å². The second-order valence-corrected chi connectivity index (χ2v) is 5.14. The number of carbonyl (C=O) groups excluding carboxylic acids is 1. The van der Waals surface area contributed by atoms with Crippen LogP contribution < -0.4 is 0 Å². The zero-order valence-corrected chi connectivity index (χ0v) is 12.9. The third-order valence-corrected chi connectivity index (χ3v) is 3.86. The molecule has 0 aliphatic rings. The first kappa shape index (κ1) is 15.5. The highest BCUT2D eigenvalue weighted by Crippen LogP contribution is 2.19. The molecule has 0 N–H and O–H groups in total. The number of benzene rings is 2.